The lowest BCUT2D eigenvalue weighted by molar-refractivity contribution is -0.138. The van der Waals surface area contributed by atoms with E-state index >= 15 is 0 Å². The molecule has 0 bridgehead atoms. The molecule has 1 aromatic carbocycles. The summed E-state index contributed by atoms with van der Waals surface area (Å²) >= 11 is 0. The number of carbonyl (C=O) groups is 3. The third kappa shape index (κ3) is 9.48. The van der Waals surface area contributed by atoms with Crippen LogP contribution in [0.25, 0.3) is 0 Å². The molecule has 0 heterocycles. The maximum absolute atomic E-state index is 12.9. The van der Waals surface area contributed by atoms with E-state index in [1.807, 2.05) is 0 Å². The average molecular weight is 459 g/mol. The minimum Gasteiger partial charge on any atom is -0.508 e. The first kappa shape index (κ1) is 26.6. The smallest absolute Gasteiger partial charge is 0.403 e. The van der Waals surface area contributed by atoms with Gasteiger partial charge in [-0.05, 0) is 30.5 Å². The Morgan fingerprint density at radius 1 is 1.13 bits per heavy atom. The summed E-state index contributed by atoms with van der Waals surface area (Å²) in [6.45, 7) is 4.34. The summed E-state index contributed by atoms with van der Waals surface area (Å²) in [7, 11) is -4.25. The molecular formula is C19H30N3O8P. The number of phenols is 1. The molecule has 12 heteroatoms. The van der Waals surface area contributed by atoms with E-state index in [9.17, 15) is 28.9 Å². The number of benzene rings is 1. The van der Waals surface area contributed by atoms with Crippen LogP contribution in [0, 0.1) is 5.92 Å². The van der Waals surface area contributed by atoms with Crippen molar-refractivity contribution in [3.63, 3.8) is 0 Å². The number of rotatable bonds is 13. The van der Waals surface area contributed by atoms with Gasteiger partial charge in [0.2, 0.25) is 11.8 Å². The summed E-state index contributed by atoms with van der Waals surface area (Å²) in [5.74, 6) is -3.05. The number of hydrogen-bond donors (Lipinski definition) is 6. The zero-order valence-electron chi connectivity index (χ0n) is 17.7. The second kappa shape index (κ2) is 12.4. The standard InChI is InChI=1S/C19H30N3O8P/c1-4-12(3)17(22-31(28,29)30-5-2)19(27)21-15(18(26)20-11-16(24)25)10-13-6-8-14(23)9-7-13/h6-9,12,15,17,23H,4-5,10-11H2,1-3H3,(H,20,26)(H,21,27)(H,24,25)(H2,22,28,29)/t12-,15-,17-/m0/s1. The normalized spacial score (nSPS) is 15.9. The lowest BCUT2D eigenvalue weighted by Gasteiger charge is -2.27. The summed E-state index contributed by atoms with van der Waals surface area (Å²) in [4.78, 5) is 46.1. The Hall–Kier alpha value is -2.46. The van der Waals surface area contributed by atoms with Crippen molar-refractivity contribution in [1.29, 1.82) is 0 Å². The third-order valence-corrected chi connectivity index (χ3v) is 5.74. The summed E-state index contributed by atoms with van der Waals surface area (Å²) in [6.07, 6.45) is 0.498. The van der Waals surface area contributed by atoms with E-state index in [4.69, 9.17) is 9.63 Å². The van der Waals surface area contributed by atoms with Crippen LogP contribution in [0.1, 0.15) is 32.8 Å². The van der Waals surface area contributed by atoms with Gasteiger partial charge in [-0.3, -0.25) is 18.9 Å². The third-order valence-electron chi connectivity index (χ3n) is 4.52. The number of carboxylic acids is 1. The van der Waals surface area contributed by atoms with Gasteiger partial charge < -0.3 is 25.7 Å². The van der Waals surface area contributed by atoms with E-state index in [0.717, 1.165) is 0 Å². The fourth-order valence-electron chi connectivity index (χ4n) is 2.69. The van der Waals surface area contributed by atoms with Crippen LogP contribution in [0.15, 0.2) is 24.3 Å². The Bertz CT molecular complexity index is 802. The molecule has 11 nitrogen and oxygen atoms in total. The number of aliphatic carboxylic acids is 1. The molecule has 0 saturated heterocycles. The van der Waals surface area contributed by atoms with Gasteiger partial charge in [-0.2, -0.15) is 0 Å². The summed E-state index contributed by atoms with van der Waals surface area (Å²) in [5.41, 5.74) is 0.601. The van der Waals surface area contributed by atoms with Gasteiger partial charge in [0.25, 0.3) is 0 Å². The van der Waals surface area contributed by atoms with Gasteiger partial charge >= 0.3 is 13.7 Å². The number of carboxylic acid groups (broad SMARTS) is 1. The van der Waals surface area contributed by atoms with E-state index < -0.39 is 44.2 Å². The molecule has 4 atom stereocenters. The molecule has 0 aliphatic heterocycles. The molecular weight excluding hydrogens is 429 g/mol. The predicted molar refractivity (Wildman–Crippen MR) is 112 cm³/mol. The second-order valence-electron chi connectivity index (χ2n) is 6.97. The predicted octanol–water partition coefficient (Wildman–Crippen LogP) is 0.762. The minimum atomic E-state index is -4.25. The lowest BCUT2D eigenvalue weighted by atomic mass is 9.98. The van der Waals surface area contributed by atoms with E-state index in [1.165, 1.54) is 19.1 Å². The van der Waals surface area contributed by atoms with Crippen molar-refractivity contribution in [3.05, 3.63) is 29.8 Å². The molecule has 1 aromatic rings. The summed E-state index contributed by atoms with van der Waals surface area (Å²) in [5, 5.41) is 25.3. The Kier molecular flexibility index (Phi) is 10.6. The van der Waals surface area contributed by atoms with Crippen LogP contribution in [-0.2, 0) is 29.9 Å². The molecule has 0 aliphatic rings. The number of amides is 2. The van der Waals surface area contributed by atoms with Gasteiger partial charge in [0.15, 0.2) is 0 Å². The van der Waals surface area contributed by atoms with Crippen molar-refractivity contribution < 1.29 is 38.6 Å². The maximum atomic E-state index is 12.9. The molecule has 6 N–H and O–H groups in total. The van der Waals surface area contributed by atoms with Crippen LogP contribution in [-0.4, -0.2) is 58.1 Å². The molecule has 1 rings (SSSR count). The number of phenolic OH excluding ortho intramolecular Hbond substituents is 1. The van der Waals surface area contributed by atoms with E-state index in [1.54, 1.807) is 26.0 Å². The Balaban J connectivity index is 3.07. The lowest BCUT2D eigenvalue weighted by Crippen LogP contribution is -2.55. The number of nitrogens with one attached hydrogen (secondary N) is 3. The molecule has 0 spiro atoms. The summed E-state index contributed by atoms with van der Waals surface area (Å²) in [6, 6.07) is 3.64. The van der Waals surface area contributed by atoms with Gasteiger partial charge in [0.1, 0.15) is 18.3 Å². The highest BCUT2D eigenvalue weighted by molar-refractivity contribution is 7.50. The van der Waals surface area contributed by atoms with Crippen LogP contribution in [0.4, 0.5) is 0 Å². The molecule has 0 fully saturated rings. The monoisotopic (exact) mass is 459 g/mol. The number of aromatic hydroxyl groups is 1. The molecule has 0 aromatic heterocycles. The maximum Gasteiger partial charge on any atom is 0.403 e. The zero-order valence-corrected chi connectivity index (χ0v) is 18.6. The van der Waals surface area contributed by atoms with Gasteiger partial charge in [-0.15, -0.1) is 0 Å². The molecule has 2 amide bonds. The van der Waals surface area contributed by atoms with Gasteiger partial charge in [-0.1, -0.05) is 32.4 Å². The average Bonchev–Trinajstić information content (AvgIpc) is 2.70. The fourth-order valence-corrected chi connectivity index (χ4v) is 3.84. The molecule has 31 heavy (non-hydrogen) atoms. The highest BCUT2D eigenvalue weighted by atomic mass is 31.2. The first-order valence-electron chi connectivity index (χ1n) is 9.82. The molecule has 0 aliphatic carbocycles. The van der Waals surface area contributed by atoms with Gasteiger partial charge in [-0.25, -0.2) is 9.65 Å². The zero-order chi connectivity index (χ0) is 23.6. The van der Waals surface area contributed by atoms with Crippen molar-refractivity contribution in [2.75, 3.05) is 13.2 Å². The quantitative estimate of drug-likeness (QED) is 0.233. The molecule has 1 unspecified atom stereocenters. The molecule has 174 valence electrons. The number of hydrogen-bond acceptors (Lipinski definition) is 6. The Morgan fingerprint density at radius 2 is 1.74 bits per heavy atom. The van der Waals surface area contributed by atoms with Crippen LogP contribution in [0.5, 0.6) is 5.75 Å². The SMILES string of the molecule is CCOP(=O)(O)N[C@H](C(=O)N[C@@H](Cc1ccc(O)cc1)C(=O)NCC(=O)O)[C@@H](C)CC. The van der Waals surface area contributed by atoms with Crippen molar-refractivity contribution in [1.82, 2.24) is 15.7 Å². The highest BCUT2D eigenvalue weighted by Gasteiger charge is 2.34. The summed E-state index contributed by atoms with van der Waals surface area (Å²) < 4.78 is 16.9. The van der Waals surface area contributed by atoms with Crippen LogP contribution < -0.4 is 15.7 Å². The Labute approximate surface area is 180 Å². The number of carbonyl (C=O) groups excluding carboxylic acids is 2. The molecule has 0 radical (unpaired) electrons. The van der Waals surface area contributed by atoms with Crippen molar-refractivity contribution >= 4 is 25.5 Å². The van der Waals surface area contributed by atoms with E-state index in [0.29, 0.717) is 12.0 Å². The van der Waals surface area contributed by atoms with Gasteiger partial charge in [0.05, 0.1) is 12.6 Å². The van der Waals surface area contributed by atoms with Crippen molar-refractivity contribution in [3.8, 4) is 5.75 Å². The molecule has 0 saturated carbocycles. The van der Waals surface area contributed by atoms with Crippen molar-refractivity contribution in [2.45, 2.75) is 45.7 Å². The Morgan fingerprint density at radius 3 is 2.26 bits per heavy atom. The topological polar surface area (TPSA) is 174 Å². The first-order chi connectivity index (χ1) is 14.5. The minimum absolute atomic E-state index is 0.00689. The largest absolute Gasteiger partial charge is 0.508 e. The van der Waals surface area contributed by atoms with Crippen LogP contribution in [0.3, 0.4) is 0 Å². The van der Waals surface area contributed by atoms with Crippen LogP contribution >= 0.6 is 7.75 Å². The second-order valence-corrected chi connectivity index (χ2v) is 8.53. The van der Waals surface area contributed by atoms with Gasteiger partial charge in [0, 0.05) is 6.42 Å². The van der Waals surface area contributed by atoms with E-state index in [-0.39, 0.29) is 24.7 Å². The highest BCUT2D eigenvalue weighted by Crippen LogP contribution is 2.38. The fraction of sp³-hybridized carbons (Fsp3) is 0.526. The first-order valence-corrected chi connectivity index (χ1v) is 11.4. The van der Waals surface area contributed by atoms with Crippen LogP contribution in [0.2, 0.25) is 0 Å². The van der Waals surface area contributed by atoms with E-state index in [2.05, 4.69) is 15.7 Å². The van der Waals surface area contributed by atoms with Crippen molar-refractivity contribution in [2.24, 2.45) is 5.92 Å².